The summed E-state index contributed by atoms with van der Waals surface area (Å²) in [5.74, 6) is 0.945. The van der Waals surface area contributed by atoms with Gasteiger partial charge in [-0.05, 0) is 41.7 Å². The highest BCUT2D eigenvalue weighted by atomic mass is 79.9. The second-order valence-corrected chi connectivity index (χ2v) is 6.20. The lowest BCUT2D eigenvalue weighted by Crippen LogP contribution is -2.32. The van der Waals surface area contributed by atoms with Gasteiger partial charge in [0, 0.05) is 19.5 Å². The van der Waals surface area contributed by atoms with Crippen LogP contribution in [0.3, 0.4) is 0 Å². The summed E-state index contributed by atoms with van der Waals surface area (Å²) in [7, 11) is 4.13. The van der Waals surface area contributed by atoms with Gasteiger partial charge < -0.3 is 5.32 Å². The van der Waals surface area contributed by atoms with Gasteiger partial charge in [-0.1, -0.05) is 26.2 Å². The molecule has 2 rings (SSSR count). The standard InChI is InChI=1S/C14H24BrN3/c1-4-12-14(15)13(18(3)17-12)9-11(16-2)8-10-6-5-7-10/h10-11,16H,4-9H2,1-3H3. The molecule has 18 heavy (non-hydrogen) atoms. The van der Waals surface area contributed by atoms with Crippen LogP contribution in [0.2, 0.25) is 0 Å². The predicted octanol–water partition coefficient (Wildman–Crippen LogP) is 3.07. The summed E-state index contributed by atoms with van der Waals surface area (Å²) in [4.78, 5) is 0. The third kappa shape index (κ3) is 2.97. The van der Waals surface area contributed by atoms with E-state index >= 15 is 0 Å². The number of halogens is 1. The highest BCUT2D eigenvalue weighted by Crippen LogP contribution is 2.32. The van der Waals surface area contributed by atoms with E-state index in [9.17, 15) is 0 Å². The number of nitrogens with zero attached hydrogens (tertiary/aromatic N) is 2. The highest BCUT2D eigenvalue weighted by molar-refractivity contribution is 9.10. The van der Waals surface area contributed by atoms with Crippen LogP contribution in [-0.4, -0.2) is 22.9 Å². The van der Waals surface area contributed by atoms with E-state index in [0.717, 1.165) is 18.8 Å². The van der Waals surface area contributed by atoms with E-state index in [1.165, 1.54) is 41.5 Å². The zero-order chi connectivity index (χ0) is 13.1. The average molecular weight is 314 g/mol. The molecule has 1 atom stereocenters. The Bertz CT molecular complexity index is 396. The summed E-state index contributed by atoms with van der Waals surface area (Å²) >= 11 is 3.71. The maximum atomic E-state index is 4.57. The molecule has 3 nitrogen and oxygen atoms in total. The molecule has 0 radical (unpaired) electrons. The van der Waals surface area contributed by atoms with Gasteiger partial charge >= 0.3 is 0 Å². The van der Waals surface area contributed by atoms with Crippen LogP contribution in [-0.2, 0) is 19.9 Å². The quantitative estimate of drug-likeness (QED) is 0.874. The maximum Gasteiger partial charge on any atom is 0.0766 e. The smallest absolute Gasteiger partial charge is 0.0766 e. The number of aromatic nitrogens is 2. The molecule has 0 saturated heterocycles. The number of hydrogen-bond donors (Lipinski definition) is 1. The molecule has 1 unspecified atom stereocenters. The zero-order valence-electron chi connectivity index (χ0n) is 11.7. The lowest BCUT2D eigenvalue weighted by Gasteiger charge is -2.29. The van der Waals surface area contributed by atoms with Crippen molar-refractivity contribution in [2.75, 3.05) is 7.05 Å². The normalized spacial score (nSPS) is 17.8. The monoisotopic (exact) mass is 313 g/mol. The highest BCUT2D eigenvalue weighted by Gasteiger charge is 2.23. The zero-order valence-corrected chi connectivity index (χ0v) is 13.3. The molecule has 1 fully saturated rings. The molecule has 1 aromatic rings. The molecular formula is C14H24BrN3. The van der Waals surface area contributed by atoms with Crippen molar-refractivity contribution in [1.29, 1.82) is 0 Å². The van der Waals surface area contributed by atoms with Crippen LogP contribution in [0, 0.1) is 5.92 Å². The van der Waals surface area contributed by atoms with Crippen LogP contribution in [0.25, 0.3) is 0 Å². The van der Waals surface area contributed by atoms with Gasteiger partial charge in [0.25, 0.3) is 0 Å². The molecule has 1 aliphatic carbocycles. The van der Waals surface area contributed by atoms with Gasteiger partial charge in [0.15, 0.2) is 0 Å². The van der Waals surface area contributed by atoms with E-state index in [2.05, 4.69) is 47.4 Å². The Balaban J connectivity index is 2.03. The van der Waals surface area contributed by atoms with Crippen LogP contribution >= 0.6 is 15.9 Å². The molecule has 0 bridgehead atoms. The summed E-state index contributed by atoms with van der Waals surface area (Å²) in [5.41, 5.74) is 2.50. The third-order valence-electron chi connectivity index (χ3n) is 4.19. The number of nitrogens with one attached hydrogen (secondary N) is 1. The molecule has 0 amide bonds. The number of rotatable bonds is 6. The van der Waals surface area contributed by atoms with Crippen molar-refractivity contribution < 1.29 is 0 Å². The van der Waals surface area contributed by atoms with E-state index in [4.69, 9.17) is 0 Å². The number of aryl methyl sites for hydroxylation is 2. The van der Waals surface area contributed by atoms with Gasteiger partial charge in [0.05, 0.1) is 15.9 Å². The summed E-state index contributed by atoms with van der Waals surface area (Å²) in [6, 6.07) is 0.576. The fourth-order valence-electron chi connectivity index (χ4n) is 2.71. The Labute approximate surface area is 118 Å². The minimum Gasteiger partial charge on any atom is -0.317 e. The maximum absolute atomic E-state index is 4.57. The van der Waals surface area contributed by atoms with Gasteiger partial charge in [-0.3, -0.25) is 4.68 Å². The topological polar surface area (TPSA) is 29.9 Å². The van der Waals surface area contributed by atoms with Crippen molar-refractivity contribution in [3.8, 4) is 0 Å². The predicted molar refractivity (Wildman–Crippen MR) is 78.8 cm³/mol. The van der Waals surface area contributed by atoms with Gasteiger partial charge in [-0.25, -0.2) is 0 Å². The van der Waals surface area contributed by atoms with Crippen LogP contribution in [0.5, 0.6) is 0 Å². The van der Waals surface area contributed by atoms with Crippen molar-refractivity contribution in [1.82, 2.24) is 15.1 Å². The Hall–Kier alpha value is -0.350. The fourth-order valence-corrected chi connectivity index (χ4v) is 3.49. The Morgan fingerprint density at radius 3 is 2.67 bits per heavy atom. The first-order chi connectivity index (χ1) is 8.65. The van der Waals surface area contributed by atoms with Gasteiger partial charge in [-0.2, -0.15) is 5.10 Å². The fraction of sp³-hybridized carbons (Fsp3) is 0.786. The van der Waals surface area contributed by atoms with E-state index in [1.54, 1.807) is 0 Å². The molecule has 1 saturated carbocycles. The summed E-state index contributed by atoms with van der Waals surface area (Å²) < 4.78 is 3.25. The lowest BCUT2D eigenvalue weighted by molar-refractivity contribution is 0.262. The molecule has 1 aromatic heterocycles. The summed E-state index contributed by atoms with van der Waals surface area (Å²) in [6.07, 6.45) is 7.63. The second-order valence-electron chi connectivity index (χ2n) is 5.41. The molecule has 1 N–H and O–H groups in total. The SMILES string of the molecule is CCc1nn(C)c(CC(CC2CCC2)NC)c1Br. The Kier molecular flexibility index (Phi) is 4.84. The second kappa shape index (κ2) is 6.20. The third-order valence-corrected chi connectivity index (χ3v) is 5.11. The summed E-state index contributed by atoms with van der Waals surface area (Å²) in [5, 5.41) is 8.04. The Morgan fingerprint density at radius 1 is 1.50 bits per heavy atom. The van der Waals surface area contributed by atoms with E-state index < -0.39 is 0 Å². The van der Waals surface area contributed by atoms with Crippen LogP contribution in [0.15, 0.2) is 4.47 Å². The van der Waals surface area contributed by atoms with Crippen LogP contribution < -0.4 is 5.32 Å². The first-order valence-electron chi connectivity index (χ1n) is 7.03. The van der Waals surface area contributed by atoms with Gasteiger partial charge in [0.1, 0.15) is 0 Å². The summed E-state index contributed by atoms with van der Waals surface area (Å²) in [6.45, 7) is 2.15. The first kappa shape index (κ1) is 14.1. The van der Waals surface area contributed by atoms with Crippen molar-refractivity contribution >= 4 is 15.9 Å². The van der Waals surface area contributed by atoms with Crippen LogP contribution in [0.1, 0.15) is 44.0 Å². The van der Waals surface area contributed by atoms with Crippen molar-refractivity contribution in [3.05, 3.63) is 15.9 Å². The largest absolute Gasteiger partial charge is 0.317 e. The number of hydrogen-bond acceptors (Lipinski definition) is 2. The van der Waals surface area contributed by atoms with Crippen molar-refractivity contribution in [3.63, 3.8) is 0 Å². The van der Waals surface area contributed by atoms with Crippen molar-refractivity contribution in [2.45, 2.75) is 51.5 Å². The van der Waals surface area contributed by atoms with Crippen LogP contribution in [0.4, 0.5) is 0 Å². The van der Waals surface area contributed by atoms with E-state index in [1.807, 2.05) is 4.68 Å². The lowest BCUT2D eigenvalue weighted by atomic mass is 9.80. The minimum atomic E-state index is 0.576. The van der Waals surface area contributed by atoms with Gasteiger partial charge in [0.2, 0.25) is 0 Å². The first-order valence-corrected chi connectivity index (χ1v) is 7.82. The Morgan fingerprint density at radius 2 is 2.22 bits per heavy atom. The molecule has 1 heterocycles. The molecular weight excluding hydrogens is 290 g/mol. The van der Waals surface area contributed by atoms with Gasteiger partial charge in [-0.15, -0.1) is 0 Å². The molecule has 4 heteroatoms. The van der Waals surface area contributed by atoms with Crippen molar-refractivity contribution in [2.24, 2.45) is 13.0 Å². The number of likely N-dealkylation sites (N-methyl/N-ethyl adjacent to an activating group) is 1. The van der Waals surface area contributed by atoms with E-state index in [0.29, 0.717) is 6.04 Å². The molecule has 1 aliphatic rings. The average Bonchev–Trinajstić information content (AvgIpc) is 2.58. The van der Waals surface area contributed by atoms with E-state index in [-0.39, 0.29) is 0 Å². The minimum absolute atomic E-state index is 0.576. The molecule has 0 spiro atoms. The molecule has 0 aromatic carbocycles. The molecule has 102 valence electrons. The molecule has 0 aliphatic heterocycles.